The van der Waals surface area contributed by atoms with Gasteiger partial charge < -0.3 is 19.6 Å². The molecule has 0 fully saturated rings. The van der Waals surface area contributed by atoms with Crippen molar-refractivity contribution in [1.82, 2.24) is 24.9 Å². The van der Waals surface area contributed by atoms with Crippen molar-refractivity contribution >= 4 is 38.4 Å². The van der Waals surface area contributed by atoms with Gasteiger partial charge in [-0.1, -0.05) is 18.2 Å². The first-order valence-electron chi connectivity index (χ1n) is 14.3. The van der Waals surface area contributed by atoms with Crippen molar-refractivity contribution in [2.45, 2.75) is 58.2 Å². The Hall–Kier alpha value is -4.43. The first-order chi connectivity index (χ1) is 21.4. The molecular formula is C31H30F3N5O5S. The number of aromatic amines is 1. The number of carboxylic acid groups (broad SMARTS) is 1. The molecule has 45 heavy (non-hydrogen) atoms. The van der Waals surface area contributed by atoms with E-state index in [2.05, 4.69) is 24.9 Å². The van der Waals surface area contributed by atoms with Crippen LogP contribution in [0, 0.1) is 6.92 Å². The molecule has 5 aromatic rings. The van der Waals surface area contributed by atoms with Crippen molar-refractivity contribution in [1.29, 1.82) is 0 Å². The van der Waals surface area contributed by atoms with E-state index < -0.39 is 24.0 Å². The topological polar surface area (TPSA) is 123 Å². The highest BCUT2D eigenvalue weighted by molar-refractivity contribution is 7.17. The number of ether oxygens (including phenoxy) is 2. The fraction of sp³-hybridized carbons (Fsp3) is 0.355. The van der Waals surface area contributed by atoms with Crippen LogP contribution in [0.2, 0.25) is 0 Å². The van der Waals surface area contributed by atoms with Gasteiger partial charge in [-0.2, -0.15) is 0 Å². The van der Waals surface area contributed by atoms with Gasteiger partial charge in [0.1, 0.15) is 22.9 Å². The van der Waals surface area contributed by atoms with Gasteiger partial charge in [-0.25, -0.2) is 4.68 Å². The Morgan fingerprint density at radius 3 is 2.80 bits per heavy atom. The third kappa shape index (κ3) is 6.25. The second-order valence-corrected chi connectivity index (χ2v) is 12.1. The summed E-state index contributed by atoms with van der Waals surface area (Å²) in [6.07, 6.45) is -4.73. The van der Waals surface area contributed by atoms with E-state index in [4.69, 9.17) is 4.74 Å². The molecule has 236 valence electrons. The van der Waals surface area contributed by atoms with Crippen molar-refractivity contribution in [2.75, 3.05) is 6.54 Å². The summed E-state index contributed by atoms with van der Waals surface area (Å²) in [5, 5.41) is 20.8. The highest BCUT2D eigenvalue weighted by atomic mass is 32.1. The van der Waals surface area contributed by atoms with Crippen LogP contribution >= 0.6 is 11.3 Å². The zero-order valence-electron chi connectivity index (χ0n) is 24.6. The minimum Gasteiger partial charge on any atom is -0.487 e. The lowest BCUT2D eigenvalue weighted by atomic mass is 9.84. The lowest BCUT2D eigenvalue weighted by Crippen LogP contribution is -2.32. The van der Waals surface area contributed by atoms with Crippen molar-refractivity contribution in [2.24, 2.45) is 7.05 Å². The highest BCUT2D eigenvalue weighted by Crippen LogP contribution is 2.41. The van der Waals surface area contributed by atoms with Crippen molar-refractivity contribution in [3.8, 4) is 11.5 Å². The molecule has 6 rings (SSSR count). The number of rotatable bonds is 8. The molecule has 2 atom stereocenters. The fourth-order valence-corrected chi connectivity index (χ4v) is 6.97. The summed E-state index contributed by atoms with van der Waals surface area (Å²) in [7, 11) is 1.47. The van der Waals surface area contributed by atoms with Crippen LogP contribution in [-0.4, -0.2) is 55.0 Å². The molecule has 0 radical (unpaired) electrons. The van der Waals surface area contributed by atoms with Crippen molar-refractivity contribution in [3.05, 3.63) is 80.1 Å². The Morgan fingerprint density at radius 1 is 1.27 bits per heavy atom. The molecule has 10 nitrogen and oxygen atoms in total. The lowest BCUT2D eigenvalue weighted by molar-refractivity contribution is -0.274. The number of alkyl halides is 3. The van der Waals surface area contributed by atoms with Crippen LogP contribution < -0.4 is 15.0 Å². The molecule has 1 unspecified atom stereocenters. The van der Waals surface area contributed by atoms with Gasteiger partial charge in [0, 0.05) is 43.4 Å². The average Bonchev–Trinajstić information content (AvgIpc) is 3.56. The number of nitrogens with one attached hydrogen (secondary N) is 1. The molecular weight excluding hydrogens is 611 g/mol. The predicted molar refractivity (Wildman–Crippen MR) is 162 cm³/mol. The van der Waals surface area contributed by atoms with Gasteiger partial charge in [-0.3, -0.25) is 14.5 Å². The van der Waals surface area contributed by atoms with Crippen molar-refractivity contribution in [3.63, 3.8) is 0 Å². The zero-order valence-corrected chi connectivity index (χ0v) is 25.5. The average molecular weight is 642 g/mol. The number of aliphatic carboxylic acids is 1. The summed E-state index contributed by atoms with van der Waals surface area (Å²) in [6, 6.07) is 10.1. The molecule has 0 bridgehead atoms. The number of fused-ring (bicyclic) bond motifs is 3. The Labute approximate surface area is 259 Å². The third-order valence-electron chi connectivity index (χ3n) is 8.11. The number of halogens is 3. The summed E-state index contributed by atoms with van der Waals surface area (Å²) in [6.45, 7) is 5.21. The summed E-state index contributed by atoms with van der Waals surface area (Å²) in [4.78, 5) is 29.4. The third-order valence-corrected chi connectivity index (χ3v) is 9.12. The fourth-order valence-electron chi connectivity index (χ4n) is 6.09. The number of aromatic nitrogens is 4. The van der Waals surface area contributed by atoms with Gasteiger partial charge in [0.2, 0.25) is 5.56 Å². The summed E-state index contributed by atoms with van der Waals surface area (Å²) in [5.41, 5.74) is 3.13. The van der Waals surface area contributed by atoms with Gasteiger partial charge in [-0.15, -0.1) is 29.6 Å². The van der Waals surface area contributed by atoms with E-state index in [0.717, 1.165) is 22.1 Å². The largest absolute Gasteiger partial charge is 0.573 e. The molecule has 14 heteroatoms. The van der Waals surface area contributed by atoms with Crippen LogP contribution in [-0.2, 0) is 24.9 Å². The molecule has 0 amide bonds. The molecule has 0 saturated heterocycles. The van der Waals surface area contributed by atoms with E-state index in [-0.39, 0.29) is 29.1 Å². The number of benzene rings is 2. The Balaban J connectivity index is 1.46. The van der Waals surface area contributed by atoms with Crippen LogP contribution in [0.3, 0.4) is 0 Å². The predicted octanol–water partition coefficient (Wildman–Crippen LogP) is 5.86. The molecule has 4 heterocycles. The van der Waals surface area contributed by atoms with Gasteiger partial charge in [0.15, 0.2) is 5.75 Å². The van der Waals surface area contributed by atoms with Crippen molar-refractivity contribution < 1.29 is 32.5 Å². The second-order valence-electron chi connectivity index (χ2n) is 11.2. The van der Waals surface area contributed by atoms with E-state index in [0.29, 0.717) is 47.8 Å². The molecule has 0 aliphatic carbocycles. The zero-order chi connectivity index (χ0) is 32.0. The molecule has 0 spiro atoms. The number of nitrogens with zero attached hydrogens (tertiary/aromatic N) is 4. The number of carboxylic acids is 1. The smallest absolute Gasteiger partial charge is 0.487 e. The minimum atomic E-state index is -4.98. The van der Waals surface area contributed by atoms with E-state index in [9.17, 15) is 27.9 Å². The molecule has 2 aromatic carbocycles. The first kappa shape index (κ1) is 30.6. The second kappa shape index (κ2) is 11.8. The quantitative estimate of drug-likeness (QED) is 0.216. The van der Waals surface area contributed by atoms with Gasteiger partial charge in [-0.05, 0) is 70.6 Å². The molecule has 0 saturated carbocycles. The molecule has 3 aromatic heterocycles. The van der Waals surface area contributed by atoms with E-state index in [1.165, 1.54) is 23.9 Å². The number of carbonyl (C=O) groups is 1. The number of hydrogen-bond donors (Lipinski definition) is 2. The number of thiophene rings is 1. The summed E-state index contributed by atoms with van der Waals surface area (Å²) >= 11 is 1.55. The van der Waals surface area contributed by atoms with Crippen LogP contribution in [0.4, 0.5) is 13.2 Å². The molecule has 2 N–H and O–H groups in total. The monoisotopic (exact) mass is 641 g/mol. The minimum absolute atomic E-state index is 0.0591. The lowest BCUT2D eigenvalue weighted by Gasteiger charge is -2.25. The Bertz CT molecular complexity index is 1970. The first-order valence-corrected chi connectivity index (χ1v) is 15.2. The van der Waals surface area contributed by atoms with Crippen LogP contribution in [0.25, 0.3) is 21.1 Å². The van der Waals surface area contributed by atoms with Crippen LogP contribution in [0.1, 0.15) is 53.6 Å². The summed E-state index contributed by atoms with van der Waals surface area (Å²) < 4.78 is 53.3. The van der Waals surface area contributed by atoms with Gasteiger partial charge >= 0.3 is 12.3 Å². The van der Waals surface area contributed by atoms with Crippen LogP contribution in [0.15, 0.2) is 46.6 Å². The Kier molecular flexibility index (Phi) is 8.04. The van der Waals surface area contributed by atoms with E-state index in [1.807, 2.05) is 30.5 Å². The molecule has 1 aliphatic heterocycles. The molecule has 1 aliphatic rings. The van der Waals surface area contributed by atoms with Gasteiger partial charge in [0.25, 0.3) is 0 Å². The van der Waals surface area contributed by atoms with E-state index in [1.54, 1.807) is 24.3 Å². The number of hydrogen-bond acceptors (Lipinski definition) is 8. The van der Waals surface area contributed by atoms with E-state index >= 15 is 0 Å². The normalized spacial score (nSPS) is 16.4. The van der Waals surface area contributed by atoms with Crippen LogP contribution in [0.5, 0.6) is 11.5 Å². The standard InChI is InChI=1S/C31H30F3N5O5S/c1-4-20-14-39(15-23-24(43-20)5-6-26(40)35-23)13-19-10-18(9-17-7-8-45-30(17)19)22(12-27(41)42)21-11-25(44-31(32,33)34)29-28(16(21)2)36-37-38(29)3/h5-11,20,22H,4,12-15H2,1-3H3,(H,35,40)(H,41,42)/t20-,22?/m1/s1. The maximum Gasteiger partial charge on any atom is 0.573 e. The number of pyridine rings is 1. The number of aryl methyl sites for hydroxylation is 2. The summed E-state index contributed by atoms with van der Waals surface area (Å²) in [5.74, 6) is -1.80. The maximum atomic E-state index is 13.5. The highest BCUT2D eigenvalue weighted by Gasteiger charge is 2.34. The number of H-pyrrole nitrogens is 1. The van der Waals surface area contributed by atoms with Gasteiger partial charge in [0.05, 0.1) is 12.1 Å². The maximum absolute atomic E-state index is 13.5. The SMILES string of the molecule is CC[C@@H]1CN(Cc2cc(C(CC(=O)O)c3cc(OC(F)(F)F)c4c(nnn4C)c3C)cc3ccsc23)Cc2[nH]c(=O)ccc2O1. The Morgan fingerprint density at radius 2 is 2.07 bits per heavy atom.